The van der Waals surface area contributed by atoms with Crippen LogP contribution < -0.4 is 14.8 Å². The summed E-state index contributed by atoms with van der Waals surface area (Å²) in [6.07, 6.45) is 2.39. The number of benzene rings is 1. The average Bonchev–Trinajstić information content (AvgIpc) is 2.98. The Morgan fingerprint density at radius 1 is 1.42 bits per heavy atom. The number of anilines is 1. The third-order valence-corrected chi connectivity index (χ3v) is 3.42. The van der Waals surface area contributed by atoms with E-state index >= 15 is 0 Å². The monoisotopic (exact) mass is 330 g/mol. The zero-order valence-corrected chi connectivity index (χ0v) is 14.2. The number of rotatable bonds is 8. The molecule has 0 radical (unpaired) electrons. The largest absolute Gasteiger partial charge is 0.493 e. The lowest BCUT2D eigenvalue weighted by atomic mass is 10.1. The molecule has 1 atom stereocenters. The number of carbonyl (C=O) groups is 1. The number of methoxy groups -OCH3 is 1. The quantitative estimate of drug-likeness (QED) is 0.750. The van der Waals surface area contributed by atoms with Crippen molar-refractivity contribution in [1.29, 1.82) is 0 Å². The topological polar surface area (TPSA) is 73.6 Å². The number of aromatic nitrogens is 1. The minimum absolute atomic E-state index is 0.289. The SMILES string of the molecule is C=CCc1ccc(OC(CC)C(=O)Nc2cc(C)on2)c(OC)c1. The molecule has 0 spiro atoms. The summed E-state index contributed by atoms with van der Waals surface area (Å²) in [6.45, 7) is 7.35. The van der Waals surface area contributed by atoms with Crippen LogP contribution in [0.25, 0.3) is 0 Å². The van der Waals surface area contributed by atoms with Gasteiger partial charge in [0.2, 0.25) is 0 Å². The van der Waals surface area contributed by atoms with Crippen LogP contribution >= 0.6 is 0 Å². The summed E-state index contributed by atoms with van der Waals surface area (Å²) < 4.78 is 16.1. The van der Waals surface area contributed by atoms with E-state index in [1.165, 1.54) is 0 Å². The molecule has 6 nitrogen and oxygen atoms in total. The Morgan fingerprint density at radius 3 is 2.79 bits per heavy atom. The first-order chi connectivity index (χ1) is 11.6. The molecule has 6 heteroatoms. The zero-order chi connectivity index (χ0) is 17.5. The summed E-state index contributed by atoms with van der Waals surface area (Å²) in [6, 6.07) is 7.25. The van der Waals surface area contributed by atoms with Gasteiger partial charge in [-0.1, -0.05) is 24.2 Å². The first kappa shape index (κ1) is 17.6. The van der Waals surface area contributed by atoms with E-state index < -0.39 is 6.10 Å². The molecule has 0 aliphatic heterocycles. The molecule has 2 aromatic rings. The molecular weight excluding hydrogens is 308 g/mol. The highest BCUT2D eigenvalue weighted by Gasteiger charge is 2.21. The fourth-order valence-corrected chi connectivity index (χ4v) is 2.21. The maximum absolute atomic E-state index is 12.4. The van der Waals surface area contributed by atoms with E-state index in [1.807, 2.05) is 25.1 Å². The van der Waals surface area contributed by atoms with Gasteiger partial charge in [-0.25, -0.2) is 0 Å². The molecule has 24 heavy (non-hydrogen) atoms. The molecule has 0 saturated heterocycles. The smallest absolute Gasteiger partial charge is 0.266 e. The van der Waals surface area contributed by atoms with Crippen molar-refractivity contribution in [1.82, 2.24) is 5.16 Å². The van der Waals surface area contributed by atoms with Gasteiger partial charge in [-0.15, -0.1) is 6.58 Å². The standard InChI is InChI=1S/C18H22N2O4/c1-5-7-13-8-9-15(16(11-13)22-4)23-14(6-2)18(21)19-17-10-12(3)24-20-17/h5,8-11,14H,1,6-7H2,2-4H3,(H,19,20,21). The van der Waals surface area contributed by atoms with E-state index in [-0.39, 0.29) is 5.91 Å². The van der Waals surface area contributed by atoms with E-state index in [9.17, 15) is 4.79 Å². The predicted molar refractivity (Wildman–Crippen MR) is 91.5 cm³/mol. The van der Waals surface area contributed by atoms with Gasteiger partial charge in [-0.3, -0.25) is 4.79 Å². The highest BCUT2D eigenvalue weighted by Crippen LogP contribution is 2.30. The number of aryl methyl sites for hydroxylation is 1. The van der Waals surface area contributed by atoms with Crippen molar-refractivity contribution < 1.29 is 18.8 Å². The van der Waals surface area contributed by atoms with Gasteiger partial charge in [0.1, 0.15) is 5.76 Å². The highest BCUT2D eigenvalue weighted by molar-refractivity contribution is 5.93. The van der Waals surface area contributed by atoms with E-state index in [4.69, 9.17) is 14.0 Å². The molecule has 1 aromatic heterocycles. The number of nitrogens with one attached hydrogen (secondary N) is 1. The zero-order valence-electron chi connectivity index (χ0n) is 14.2. The third-order valence-electron chi connectivity index (χ3n) is 3.42. The Hall–Kier alpha value is -2.76. The van der Waals surface area contributed by atoms with E-state index in [2.05, 4.69) is 17.1 Å². The Balaban J connectivity index is 2.11. The molecule has 1 N–H and O–H groups in total. The lowest BCUT2D eigenvalue weighted by Gasteiger charge is -2.18. The fraction of sp³-hybridized carbons (Fsp3) is 0.333. The third kappa shape index (κ3) is 4.38. The molecule has 1 heterocycles. The Morgan fingerprint density at radius 2 is 2.21 bits per heavy atom. The number of allylic oxidation sites excluding steroid dienone is 1. The maximum Gasteiger partial charge on any atom is 0.266 e. The second kappa shape index (κ2) is 8.19. The van der Waals surface area contributed by atoms with E-state index in [0.29, 0.717) is 29.5 Å². The molecule has 1 amide bonds. The molecule has 128 valence electrons. The molecular formula is C18H22N2O4. The lowest BCUT2D eigenvalue weighted by molar-refractivity contribution is -0.122. The Kier molecular flexibility index (Phi) is 6.01. The fourth-order valence-electron chi connectivity index (χ4n) is 2.21. The van der Waals surface area contributed by atoms with Crippen LogP contribution in [0.4, 0.5) is 5.82 Å². The second-order valence-electron chi connectivity index (χ2n) is 5.30. The number of hydrogen-bond acceptors (Lipinski definition) is 5. The van der Waals surface area contributed by atoms with Crippen LogP contribution in [0.15, 0.2) is 41.4 Å². The Bertz CT molecular complexity index is 709. The van der Waals surface area contributed by atoms with Crippen LogP contribution in [-0.2, 0) is 11.2 Å². The summed E-state index contributed by atoms with van der Waals surface area (Å²) in [5.74, 6) is 1.80. The van der Waals surface area contributed by atoms with Gasteiger partial charge < -0.3 is 19.3 Å². The van der Waals surface area contributed by atoms with Gasteiger partial charge in [0.25, 0.3) is 5.91 Å². The summed E-state index contributed by atoms with van der Waals surface area (Å²) in [5, 5.41) is 6.43. The normalized spacial score (nSPS) is 11.6. The van der Waals surface area contributed by atoms with Crippen molar-refractivity contribution in [3.8, 4) is 11.5 Å². The number of ether oxygens (including phenoxy) is 2. The summed E-state index contributed by atoms with van der Waals surface area (Å²) >= 11 is 0. The van der Waals surface area contributed by atoms with Crippen molar-refractivity contribution >= 4 is 11.7 Å². The van der Waals surface area contributed by atoms with Gasteiger partial charge in [0.05, 0.1) is 7.11 Å². The van der Waals surface area contributed by atoms with Crippen LogP contribution in [0, 0.1) is 6.92 Å². The van der Waals surface area contributed by atoms with Gasteiger partial charge in [-0.2, -0.15) is 0 Å². The Labute approximate surface area is 141 Å². The molecule has 0 saturated carbocycles. The predicted octanol–water partition coefficient (Wildman–Crippen LogP) is 3.52. The summed E-state index contributed by atoms with van der Waals surface area (Å²) in [5.41, 5.74) is 1.06. The number of hydrogen-bond donors (Lipinski definition) is 1. The number of carbonyl (C=O) groups excluding carboxylic acids is 1. The van der Waals surface area contributed by atoms with Crippen LogP contribution in [0.3, 0.4) is 0 Å². The van der Waals surface area contributed by atoms with Gasteiger partial charge in [0, 0.05) is 6.07 Å². The van der Waals surface area contributed by atoms with Crippen LogP contribution in [0.2, 0.25) is 0 Å². The highest BCUT2D eigenvalue weighted by atomic mass is 16.5. The van der Waals surface area contributed by atoms with Crippen molar-refractivity contribution in [2.45, 2.75) is 32.8 Å². The number of amides is 1. The molecule has 0 bridgehead atoms. The van der Waals surface area contributed by atoms with Crippen LogP contribution in [0.1, 0.15) is 24.7 Å². The van der Waals surface area contributed by atoms with Crippen molar-refractivity contribution in [2.24, 2.45) is 0 Å². The molecule has 1 unspecified atom stereocenters. The van der Waals surface area contributed by atoms with Crippen molar-refractivity contribution in [3.05, 3.63) is 48.2 Å². The van der Waals surface area contributed by atoms with Crippen molar-refractivity contribution in [3.63, 3.8) is 0 Å². The first-order valence-corrected chi connectivity index (χ1v) is 7.76. The minimum atomic E-state index is -0.666. The molecule has 0 fully saturated rings. The van der Waals surface area contributed by atoms with Crippen LogP contribution in [0.5, 0.6) is 11.5 Å². The van der Waals surface area contributed by atoms with Crippen molar-refractivity contribution in [2.75, 3.05) is 12.4 Å². The van der Waals surface area contributed by atoms with Gasteiger partial charge in [0.15, 0.2) is 23.4 Å². The molecule has 0 aliphatic rings. The van der Waals surface area contributed by atoms with Crippen LogP contribution in [-0.4, -0.2) is 24.3 Å². The maximum atomic E-state index is 12.4. The first-order valence-electron chi connectivity index (χ1n) is 7.76. The molecule has 0 aliphatic carbocycles. The van der Waals surface area contributed by atoms with E-state index in [0.717, 1.165) is 12.0 Å². The lowest BCUT2D eigenvalue weighted by Crippen LogP contribution is -2.32. The average molecular weight is 330 g/mol. The molecule has 2 rings (SSSR count). The minimum Gasteiger partial charge on any atom is -0.493 e. The van der Waals surface area contributed by atoms with Gasteiger partial charge >= 0.3 is 0 Å². The molecule has 1 aromatic carbocycles. The number of nitrogens with zero attached hydrogens (tertiary/aromatic N) is 1. The summed E-state index contributed by atoms with van der Waals surface area (Å²) in [4.78, 5) is 12.4. The summed E-state index contributed by atoms with van der Waals surface area (Å²) in [7, 11) is 1.57. The van der Waals surface area contributed by atoms with Gasteiger partial charge in [-0.05, 0) is 37.5 Å². The van der Waals surface area contributed by atoms with E-state index in [1.54, 1.807) is 26.2 Å². The second-order valence-corrected chi connectivity index (χ2v) is 5.30.